The zero-order valence-corrected chi connectivity index (χ0v) is 9.96. The molecule has 82 valence electrons. The number of pyridine rings is 1. The summed E-state index contributed by atoms with van der Waals surface area (Å²) < 4.78 is 0.777. The Morgan fingerprint density at radius 1 is 1.44 bits per heavy atom. The molecule has 0 aliphatic rings. The number of aromatic carboxylic acids is 1. The van der Waals surface area contributed by atoms with Crippen LogP contribution in [0.2, 0.25) is 0 Å². The van der Waals surface area contributed by atoms with E-state index in [4.69, 9.17) is 5.11 Å². The van der Waals surface area contributed by atoms with Crippen LogP contribution < -0.4 is 5.43 Å². The minimum Gasteiger partial charge on any atom is -0.477 e. The molecule has 0 bridgehead atoms. The Labute approximate surface area is 99.0 Å². The van der Waals surface area contributed by atoms with E-state index in [1.807, 2.05) is 6.92 Å². The Morgan fingerprint density at radius 3 is 2.75 bits per heavy atom. The molecule has 0 aliphatic heterocycles. The van der Waals surface area contributed by atoms with Crippen molar-refractivity contribution in [1.82, 2.24) is 4.98 Å². The highest BCUT2D eigenvalue weighted by molar-refractivity contribution is 9.10. The monoisotopic (exact) mass is 281 g/mol. The van der Waals surface area contributed by atoms with Gasteiger partial charge in [-0.2, -0.15) is 0 Å². The zero-order valence-electron chi connectivity index (χ0n) is 8.37. The van der Waals surface area contributed by atoms with Gasteiger partial charge in [-0.25, -0.2) is 4.79 Å². The number of carboxylic acid groups (broad SMARTS) is 1. The number of halogens is 1. The number of benzene rings is 1. The van der Waals surface area contributed by atoms with Crippen LogP contribution >= 0.6 is 15.9 Å². The fraction of sp³-hybridized carbons (Fsp3) is 0.0909. The van der Waals surface area contributed by atoms with Gasteiger partial charge in [-0.15, -0.1) is 0 Å². The first-order chi connectivity index (χ1) is 7.52. The molecule has 1 aromatic carbocycles. The Morgan fingerprint density at radius 2 is 2.12 bits per heavy atom. The highest BCUT2D eigenvalue weighted by Gasteiger charge is 2.13. The van der Waals surface area contributed by atoms with E-state index in [2.05, 4.69) is 20.9 Å². The number of aryl methyl sites for hydroxylation is 1. The lowest BCUT2D eigenvalue weighted by atomic mass is 10.1. The number of fused-ring (bicyclic) bond motifs is 1. The summed E-state index contributed by atoms with van der Waals surface area (Å²) in [7, 11) is 0. The second-order valence-electron chi connectivity index (χ2n) is 3.46. The van der Waals surface area contributed by atoms with Crippen molar-refractivity contribution in [2.45, 2.75) is 6.92 Å². The lowest BCUT2D eigenvalue weighted by Crippen LogP contribution is -2.15. The molecule has 16 heavy (non-hydrogen) atoms. The third kappa shape index (κ3) is 1.53. The van der Waals surface area contributed by atoms with Crippen LogP contribution in [-0.4, -0.2) is 16.1 Å². The number of aromatic amines is 1. The molecule has 0 spiro atoms. The van der Waals surface area contributed by atoms with Crippen LogP contribution in [-0.2, 0) is 0 Å². The van der Waals surface area contributed by atoms with Crippen LogP contribution in [0.4, 0.5) is 0 Å². The summed E-state index contributed by atoms with van der Waals surface area (Å²) in [6, 6.07) is 3.40. The molecule has 0 radical (unpaired) electrons. The molecule has 0 amide bonds. The van der Waals surface area contributed by atoms with Crippen molar-refractivity contribution < 1.29 is 9.90 Å². The van der Waals surface area contributed by atoms with Gasteiger partial charge < -0.3 is 10.1 Å². The molecule has 0 aliphatic carbocycles. The lowest BCUT2D eigenvalue weighted by Gasteiger charge is -2.04. The summed E-state index contributed by atoms with van der Waals surface area (Å²) in [6.07, 6.45) is 1.22. The SMILES string of the molecule is Cc1ccc2c(=O)c(C(=O)O)c[nH]c2c1Br. The van der Waals surface area contributed by atoms with E-state index in [-0.39, 0.29) is 5.56 Å². The topological polar surface area (TPSA) is 70.2 Å². The standard InChI is InChI=1S/C11H8BrNO3/c1-5-2-3-6-9(8(5)12)13-4-7(10(6)14)11(15)16/h2-4H,1H3,(H,13,14)(H,15,16). The molecule has 1 aromatic heterocycles. The van der Waals surface area contributed by atoms with Gasteiger partial charge in [0.2, 0.25) is 5.43 Å². The number of carbonyl (C=O) groups is 1. The van der Waals surface area contributed by atoms with E-state index in [0.29, 0.717) is 10.9 Å². The van der Waals surface area contributed by atoms with Crippen LogP contribution in [0.3, 0.4) is 0 Å². The van der Waals surface area contributed by atoms with Gasteiger partial charge in [-0.1, -0.05) is 6.07 Å². The van der Waals surface area contributed by atoms with Crippen molar-refractivity contribution in [2.24, 2.45) is 0 Å². The maximum absolute atomic E-state index is 11.8. The van der Waals surface area contributed by atoms with Gasteiger partial charge in [-0.3, -0.25) is 4.79 Å². The zero-order chi connectivity index (χ0) is 11.9. The summed E-state index contributed by atoms with van der Waals surface area (Å²) in [5.41, 5.74) is 0.881. The van der Waals surface area contributed by atoms with Crippen LogP contribution in [0.15, 0.2) is 27.6 Å². The predicted octanol–water partition coefficient (Wildman–Crippen LogP) is 2.30. The van der Waals surface area contributed by atoms with E-state index in [9.17, 15) is 9.59 Å². The molecule has 2 rings (SSSR count). The predicted molar refractivity (Wildman–Crippen MR) is 64.0 cm³/mol. The van der Waals surface area contributed by atoms with Crippen molar-refractivity contribution in [1.29, 1.82) is 0 Å². The van der Waals surface area contributed by atoms with E-state index in [0.717, 1.165) is 10.0 Å². The number of H-pyrrole nitrogens is 1. The van der Waals surface area contributed by atoms with Gasteiger partial charge in [0.15, 0.2) is 0 Å². The van der Waals surface area contributed by atoms with Gasteiger partial charge in [0.05, 0.1) is 5.52 Å². The van der Waals surface area contributed by atoms with Crippen molar-refractivity contribution in [3.8, 4) is 0 Å². The molecule has 0 saturated carbocycles. The first-order valence-electron chi connectivity index (χ1n) is 4.56. The fourth-order valence-electron chi connectivity index (χ4n) is 1.52. The minimum absolute atomic E-state index is 0.247. The van der Waals surface area contributed by atoms with Gasteiger partial charge in [-0.05, 0) is 34.5 Å². The van der Waals surface area contributed by atoms with Crippen molar-refractivity contribution in [3.63, 3.8) is 0 Å². The lowest BCUT2D eigenvalue weighted by molar-refractivity contribution is 0.0695. The Hall–Kier alpha value is -1.62. The molecule has 1 heterocycles. The van der Waals surface area contributed by atoms with Crippen LogP contribution in [0, 0.1) is 6.92 Å². The molecule has 2 N–H and O–H groups in total. The Bertz CT molecular complexity index is 645. The smallest absolute Gasteiger partial charge is 0.341 e. The van der Waals surface area contributed by atoms with Crippen LogP contribution in [0.1, 0.15) is 15.9 Å². The van der Waals surface area contributed by atoms with E-state index in [1.165, 1.54) is 6.20 Å². The number of hydrogen-bond acceptors (Lipinski definition) is 2. The quantitative estimate of drug-likeness (QED) is 0.843. The molecular weight excluding hydrogens is 274 g/mol. The number of hydrogen-bond donors (Lipinski definition) is 2. The summed E-state index contributed by atoms with van der Waals surface area (Å²) in [5, 5.41) is 9.19. The van der Waals surface area contributed by atoms with Crippen molar-refractivity contribution in [2.75, 3.05) is 0 Å². The largest absolute Gasteiger partial charge is 0.477 e. The average molecular weight is 282 g/mol. The number of aromatic nitrogens is 1. The molecule has 0 saturated heterocycles. The molecule has 0 fully saturated rings. The van der Waals surface area contributed by atoms with Crippen molar-refractivity contribution >= 4 is 32.8 Å². The first kappa shape index (κ1) is 10.9. The molecule has 5 heteroatoms. The molecule has 4 nitrogen and oxygen atoms in total. The Balaban J connectivity index is 2.93. The van der Waals surface area contributed by atoms with Gasteiger partial charge in [0, 0.05) is 16.1 Å². The van der Waals surface area contributed by atoms with Crippen LogP contribution in [0.5, 0.6) is 0 Å². The van der Waals surface area contributed by atoms with Crippen molar-refractivity contribution in [3.05, 3.63) is 44.2 Å². The molecule has 2 aromatic rings. The van der Waals surface area contributed by atoms with E-state index < -0.39 is 11.4 Å². The highest BCUT2D eigenvalue weighted by atomic mass is 79.9. The number of carboxylic acids is 1. The second kappa shape index (κ2) is 3.75. The maximum atomic E-state index is 11.8. The van der Waals surface area contributed by atoms with Gasteiger partial charge >= 0.3 is 5.97 Å². The minimum atomic E-state index is -1.22. The number of nitrogens with one attached hydrogen (secondary N) is 1. The van der Waals surface area contributed by atoms with E-state index in [1.54, 1.807) is 12.1 Å². The molecular formula is C11H8BrNO3. The number of rotatable bonds is 1. The summed E-state index contributed by atoms with van der Waals surface area (Å²) >= 11 is 3.36. The summed E-state index contributed by atoms with van der Waals surface area (Å²) in [4.78, 5) is 25.4. The third-order valence-corrected chi connectivity index (χ3v) is 3.44. The fourth-order valence-corrected chi connectivity index (χ4v) is 1.98. The second-order valence-corrected chi connectivity index (χ2v) is 4.25. The summed E-state index contributed by atoms with van der Waals surface area (Å²) in [5.74, 6) is -1.22. The van der Waals surface area contributed by atoms with Gasteiger partial charge in [0.25, 0.3) is 0 Å². The van der Waals surface area contributed by atoms with Crippen LogP contribution in [0.25, 0.3) is 10.9 Å². The third-order valence-electron chi connectivity index (χ3n) is 2.42. The normalized spacial score (nSPS) is 10.6. The van der Waals surface area contributed by atoms with Gasteiger partial charge in [0.1, 0.15) is 5.56 Å². The first-order valence-corrected chi connectivity index (χ1v) is 5.35. The Kier molecular flexibility index (Phi) is 2.55. The summed E-state index contributed by atoms with van der Waals surface area (Å²) in [6.45, 7) is 1.90. The van der Waals surface area contributed by atoms with E-state index >= 15 is 0 Å². The molecule has 0 unspecified atom stereocenters. The average Bonchev–Trinajstić information content (AvgIpc) is 2.23. The molecule has 0 atom stereocenters. The highest BCUT2D eigenvalue weighted by Crippen LogP contribution is 2.23. The maximum Gasteiger partial charge on any atom is 0.341 e.